The standard InChI is InChI=1S/C23H28N4O3/c28-21-8-20-12-25(10-17-3-1-5-19(7-17)22(29)30)14-23(27(20)13-21)15-26(16-23)11-18-4-2-6-24-9-18/h1-7,9,20-21,28H,8,10-16H2,(H,29,30). The van der Waals surface area contributed by atoms with E-state index in [4.69, 9.17) is 0 Å². The number of carbonyl (C=O) groups is 1. The van der Waals surface area contributed by atoms with Crippen LogP contribution in [0.5, 0.6) is 0 Å². The van der Waals surface area contributed by atoms with Crippen LogP contribution in [-0.4, -0.2) is 86.3 Å². The van der Waals surface area contributed by atoms with Crippen molar-refractivity contribution >= 4 is 5.97 Å². The van der Waals surface area contributed by atoms with Crippen LogP contribution in [0, 0.1) is 0 Å². The summed E-state index contributed by atoms with van der Waals surface area (Å²) in [5, 5.41) is 19.6. The smallest absolute Gasteiger partial charge is 0.335 e. The predicted octanol–water partition coefficient (Wildman–Crippen LogP) is 1.29. The van der Waals surface area contributed by atoms with E-state index in [1.54, 1.807) is 18.3 Å². The highest BCUT2D eigenvalue weighted by atomic mass is 16.4. The number of aromatic carboxylic acids is 1. The lowest BCUT2D eigenvalue weighted by atomic mass is 9.83. The number of carboxylic acids is 1. The zero-order chi connectivity index (χ0) is 20.7. The van der Waals surface area contributed by atoms with Crippen LogP contribution in [0.2, 0.25) is 0 Å². The van der Waals surface area contributed by atoms with Crippen LogP contribution in [0.1, 0.15) is 27.9 Å². The van der Waals surface area contributed by atoms with Gasteiger partial charge in [0.05, 0.1) is 17.2 Å². The molecule has 1 aromatic carbocycles. The van der Waals surface area contributed by atoms with Crippen LogP contribution >= 0.6 is 0 Å². The number of benzene rings is 1. The molecule has 7 heteroatoms. The molecule has 0 aliphatic carbocycles. The first kappa shape index (κ1) is 19.6. The second-order valence-corrected chi connectivity index (χ2v) is 9.10. The number of rotatable bonds is 5. The van der Waals surface area contributed by atoms with E-state index in [-0.39, 0.29) is 11.6 Å². The summed E-state index contributed by atoms with van der Waals surface area (Å²) in [6.45, 7) is 6.22. The Balaban J connectivity index is 1.30. The molecule has 3 fully saturated rings. The van der Waals surface area contributed by atoms with Crippen molar-refractivity contribution in [3.63, 3.8) is 0 Å². The summed E-state index contributed by atoms with van der Waals surface area (Å²) in [4.78, 5) is 23.0. The number of piperazine rings is 1. The molecule has 3 aliphatic rings. The third-order valence-electron chi connectivity index (χ3n) is 6.73. The van der Waals surface area contributed by atoms with Gasteiger partial charge in [0.1, 0.15) is 0 Å². The summed E-state index contributed by atoms with van der Waals surface area (Å²) >= 11 is 0. The summed E-state index contributed by atoms with van der Waals surface area (Å²) < 4.78 is 0. The fourth-order valence-electron chi connectivity index (χ4n) is 5.63. The summed E-state index contributed by atoms with van der Waals surface area (Å²) in [7, 11) is 0. The van der Waals surface area contributed by atoms with E-state index in [1.807, 2.05) is 24.4 Å². The number of aliphatic hydroxyl groups excluding tert-OH is 1. The molecule has 4 heterocycles. The molecule has 30 heavy (non-hydrogen) atoms. The van der Waals surface area contributed by atoms with Crippen LogP contribution in [0.15, 0.2) is 48.8 Å². The summed E-state index contributed by atoms with van der Waals surface area (Å²) in [6, 6.07) is 11.7. The largest absolute Gasteiger partial charge is 0.478 e. The molecule has 3 aliphatic heterocycles. The first-order valence-electron chi connectivity index (χ1n) is 10.6. The minimum Gasteiger partial charge on any atom is -0.478 e. The second kappa shape index (κ2) is 7.74. The quantitative estimate of drug-likeness (QED) is 0.772. The van der Waals surface area contributed by atoms with E-state index in [9.17, 15) is 15.0 Å². The average molecular weight is 409 g/mol. The van der Waals surface area contributed by atoms with E-state index in [0.717, 1.165) is 57.8 Å². The minimum atomic E-state index is -0.887. The third kappa shape index (κ3) is 3.74. The first-order chi connectivity index (χ1) is 14.5. The van der Waals surface area contributed by atoms with Crippen molar-refractivity contribution in [1.29, 1.82) is 0 Å². The number of hydrogen-bond donors (Lipinski definition) is 2. The molecule has 7 nitrogen and oxygen atoms in total. The minimum absolute atomic E-state index is 0.0625. The van der Waals surface area contributed by atoms with Crippen LogP contribution in [-0.2, 0) is 13.1 Å². The van der Waals surface area contributed by atoms with Crippen LogP contribution in [0.4, 0.5) is 0 Å². The molecule has 158 valence electrons. The molecule has 3 saturated heterocycles. The number of hydrogen-bond acceptors (Lipinski definition) is 6. The Labute approximate surface area is 176 Å². The molecule has 0 radical (unpaired) electrons. The molecule has 2 atom stereocenters. The Morgan fingerprint density at radius 1 is 1.07 bits per heavy atom. The lowest BCUT2D eigenvalue weighted by Gasteiger charge is -2.61. The normalized spacial score (nSPS) is 26.4. The van der Waals surface area contributed by atoms with E-state index in [0.29, 0.717) is 11.6 Å². The molecule has 5 rings (SSSR count). The van der Waals surface area contributed by atoms with Crippen molar-refractivity contribution in [2.24, 2.45) is 0 Å². The maximum Gasteiger partial charge on any atom is 0.335 e. The topological polar surface area (TPSA) is 80.1 Å². The van der Waals surface area contributed by atoms with Gasteiger partial charge in [-0.2, -0.15) is 0 Å². The molecule has 1 spiro atoms. The highest BCUT2D eigenvalue weighted by Crippen LogP contribution is 2.39. The van der Waals surface area contributed by atoms with Gasteiger partial charge in [-0.25, -0.2) is 4.79 Å². The summed E-state index contributed by atoms with van der Waals surface area (Å²) in [5.74, 6) is -0.887. The number of aromatic nitrogens is 1. The fourth-order valence-corrected chi connectivity index (χ4v) is 5.63. The SMILES string of the molecule is O=C(O)c1cccc(CN2CC3CC(O)CN3C3(C2)CN(Cc2cccnc2)C3)c1. The van der Waals surface area contributed by atoms with Gasteiger partial charge in [-0.05, 0) is 35.7 Å². The monoisotopic (exact) mass is 408 g/mol. The Hall–Kier alpha value is -2.32. The number of aliphatic hydroxyl groups is 1. The molecule has 0 bridgehead atoms. The number of carboxylic acid groups (broad SMARTS) is 1. The molecular weight excluding hydrogens is 380 g/mol. The predicted molar refractivity (Wildman–Crippen MR) is 112 cm³/mol. The molecule has 2 unspecified atom stereocenters. The number of pyridine rings is 1. The van der Waals surface area contributed by atoms with Crippen LogP contribution < -0.4 is 0 Å². The van der Waals surface area contributed by atoms with Crippen molar-refractivity contribution in [2.75, 3.05) is 32.7 Å². The Bertz CT molecular complexity index is 916. The van der Waals surface area contributed by atoms with E-state index >= 15 is 0 Å². The highest BCUT2D eigenvalue weighted by molar-refractivity contribution is 5.87. The molecule has 2 N–H and O–H groups in total. The zero-order valence-electron chi connectivity index (χ0n) is 17.0. The van der Waals surface area contributed by atoms with Gasteiger partial charge in [0, 0.05) is 64.2 Å². The average Bonchev–Trinajstić information content (AvgIpc) is 3.08. The first-order valence-corrected chi connectivity index (χ1v) is 10.6. The van der Waals surface area contributed by atoms with Gasteiger partial charge in [-0.3, -0.25) is 19.7 Å². The van der Waals surface area contributed by atoms with Gasteiger partial charge in [-0.15, -0.1) is 0 Å². The number of nitrogens with zero attached hydrogens (tertiary/aromatic N) is 4. The lowest BCUT2D eigenvalue weighted by molar-refractivity contribution is -0.118. The number of β-amino-alcohol motifs (C(OH)–C–C–N with tert-alkyl or cyclic N) is 1. The molecule has 0 saturated carbocycles. The summed E-state index contributed by atoms with van der Waals surface area (Å²) in [6.07, 6.45) is 4.29. The highest BCUT2D eigenvalue weighted by Gasteiger charge is 2.55. The third-order valence-corrected chi connectivity index (χ3v) is 6.73. The molecular formula is C23H28N4O3. The van der Waals surface area contributed by atoms with E-state index in [1.165, 1.54) is 5.56 Å². The van der Waals surface area contributed by atoms with Crippen molar-refractivity contribution in [2.45, 2.75) is 37.2 Å². The van der Waals surface area contributed by atoms with Crippen molar-refractivity contribution in [1.82, 2.24) is 19.7 Å². The van der Waals surface area contributed by atoms with Gasteiger partial charge in [-0.1, -0.05) is 18.2 Å². The fraction of sp³-hybridized carbons (Fsp3) is 0.478. The number of fused-ring (bicyclic) bond motifs is 2. The Morgan fingerprint density at radius 2 is 1.83 bits per heavy atom. The van der Waals surface area contributed by atoms with Crippen molar-refractivity contribution < 1.29 is 15.0 Å². The summed E-state index contributed by atoms with van der Waals surface area (Å²) in [5.41, 5.74) is 2.66. The van der Waals surface area contributed by atoms with Gasteiger partial charge in [0.15, 0.2) is 0 Å². The van der Waals surface area contributed by atoms with Gasteiger partial charge < -0.3 is 10.2 Å². The Kier molecular flexibility index (Phi) is 5.06. The van der Waals surface area contributed by atoms with Gasteiger partial charge in [0.25, 0.3) is 0 Å². The maximum atomic E-state index is 11.3. The Morgan fingerprint density at radius 3 is 2.60 bits per heavy atom. The van der Waals surface area contributed by atoms with Crippen LogP contribution in [0.3, 0.4) is 0 Å². The second-order valence-electron chi connectivity index (χ2n) is 9.10. The van der Waals surface area contributed by atoms with Crippen LogP contribution in [0.25, 0.3) is 0 Å². The van der Waals surface area contributed by atoms with Crippen molar-refractivity contribution in [3.05, 3.63) is 65.5 Å². The zero-order valence-corrected chi connectivity index (χ0v) is 17.0. The molecule has 1 aromatic heterocycles. The van der Waals surface area contributed by atoms with Gasteiger partial charge in [0.2, 0.25) is 0 Å². The van der Waals surface area contributed by atoms with E-state index in [2.05, 4.69) is 25.8 Å². The molecule has 0 amide bonds. The van der Waals surface area contributed by atoms with E-state index < -0.39 is 5.97 Å². The lowest BCUT2D eigenvalue weighted by Crippen LogP contribution is -2.77. The number of likely N-dealkylation sites (tertiary alicyclic amines) is 1. The van der Waals surface area contributed by atoms with Gasteiger partial charge >= 0.3 is 5.97 Å². The maximum absolute atomic E-state index is 11.3. The molecule has 2 aromatic rings. The van der Waals surface area contributed by atoms with Crippen molar-refractivity contribution in [3.8, 4) is 0 Å².